The number of nitrogens with zero attached hydrogens (tertiary/aromatic N) is 3. The minimum Gasteiger partial charge on any atom is -0.295 e. The van der Waals surface area contributed by atoms with Crippen LogP contribution in [-0.4, -0.2) is 32.1 Å². The molecule has 0 fully saturated rings. The van der Waals surface area contributed by atoms with E-state index in [0.717, 1.165) is 11.3 Å². The number of hydrazone groups is 1. The van der Waals surface area contributed by atoms with Crippen molar-refractivity contribution in [2.24, 2.45) is 5.10 Å². The third-order valence-electron chi connectivity index (χ3n) is 4.38. The summed E-state index contributed by atoms with van der Waals surface area (Å²) in [5.41, 5.74) is 5.72. The molecule has 144 valence electrons. The Hall–Kier alpha value is -4.20. The molecule has 0 unspecified atom stereocenters. The van der Waals surface area contributed by atoms with Crippen LogP contribution < -0.4 is 11.0 Å². The zero-order chi connectivity index (χ0) is 20.2. The number of carbonyl (C=O) groups excluding carboxylic acids is 1. The molecule has 0 aliphatic carbocycles. The summed E-state index contributed by atoms with van der Waals surface area (Å²) < 4.78 is 1.43. The van der Waals surface area contributed by atoms with Gasteiger partial charge >= 0.3 is 0 Å². The number of aromatic amines is 2. The number of para-hydroxylation sites is 1. The van der Waals surface area contributed by atoms with Crippen LogP contribution in [0.2, 0.25) is 0 Å². The molecule has 29 heavy (non-hydrogen) atoms. The molecule has 0 bridgehead atoms. The zero-order valence-corrected chi connectivity index (χ0v) is 15.6. The predicted molar refractivity (Wildman–Crippen MR) is 110 cm³/mol. The molecule has 1 amide bonds. The average Bonchev–Trinajstić information content (AvgIpc) is 3.36. The SMILES string of the molecule is Cc1[nH]n(-c2ccccc2)c(=O)c1C=NNC(=O)c1cc(-c2ccccc2)n[nH]1. The van der Waals surface area contributed by atoms with Crippen molar-refractivity contribution < 1.29 is 4.79 Å². The van der Waals surface area contributed by atoms with Gasteiger partial charge < -0.3 is 0 Å². The van der Waals surface area contributed by atoms with Gasteiger partial charge in [-0.3, -0.25) is 19.8 Å². The number of nitrogens with one attached hydrogen (secondary N) is 3. The van der Waals surface area contributed by atoms with E-state index in [1.807, 2.05) is 60.7 Å². The van der Waals surface area contributed by atoms with Crippen LogP contribution in [-0.2, 0) is 0 Å². The quantitative estimate of drug-likeness (QED) is 0.362. The monoisotopic (exact) mass is 386 g/mol. The normalized spacial score (nSPS) is 11.1. The van der Waals surface area contributed by atoms with Crippen molar-refractivity contribution >= 4 is 12.1 Å². The van der Waals surface area contributed by atoms with Crippen molar-refractivity contribution in [3.63, 3.8) is 0 Å². The topological polar surface area (TPSA) is 108 Å². The smallest absolute Gasteiger partial charge is 0.289 e. The maximum Gasteiger partial charge on any atom is 0.289 e. The lowest BCUT2D eigenvalue weighted by atomic mass is 10.1. The molecular formula is C21H18N6O2. The van der Waals surface area contributed by atoms with Gasteiger partial charge in [-0.05, 0) is 25.1 Å². The van der Waals surface area contributed by atoms with E-state index in [1.165, 1.54) is 10.9 Å². The van der Waals surface area contributed by atoms with E-state index >= 15 is 0 Å². The second kappa shape index (κ2) is 7.81. The van der Waals surface area contributed by atoms with Gasteiger partial charge in [0.2, 0.25) is 0 Å². The Morgan fingerprint density at radius 2 is 1.79 bits per heavy atom. The second-order valence-corrected chi connectivity index (χ2v) is 6.36. The second-order valence-electron chi connectivity index (χ2n) is 6.36. The molecule has 4 aromatic rings. The third-order valence-corrected chi connectivity index (χ3v) is 4.38. The van der Waals surface area contributed by atoms with Gasteiger partial charge in [0.05, 0.1) is 23.2 Å². The Kier molecular flexibility index (Phi) is 4.90. The number of carbonyl (C=O) groups is 1. The van der Waals surface area contributed by atoms with Crippen molar-refractivity contribution in [2.75, 3.05) is 0 Å². The minimum atomic E-state index is -0.451. The number of aryl methyl sites for hydroxylation is 1. The van der Waals surface area contributed by atoms with Crippen molar-refractivity contribution in [3.8, 4) is 16.9 Å². The van der Waals surface area contributed by atoms with Crippen LogP contribution in [0.1, 0.15) is 21.7 Å². The fraction of sp³-hybridized carbons (Fsp3) is 0.0476. The molecule has 3 N–H and O–H groups in total. The first-order valence-electron chi connectivity index (χ1n) is 8.95. The molecule has 0 radical (unpaired) electrons. The summed E-state index contributed by atoms with van der Waals surface area (Å²) in [5.74, 6) is -0.451. The molecule has 8 heteroatoms. The fourth-order valence-electron chi connectivity index (χ4n) is 2.88. The largest absolute Gasteiger partial charge is 0.295 e. The summed E-state index contributed by atoms with van der Waals surface area (Å²) in [5, 5.41) is 13.8. The molecule has 0 spiro atoms. The molecule has 8 nitrogen and oxygen atoms in total. The average molecular weight is 386 g/mol. The summed E-state index contributed by atoms with van der Waals surface area (Å²) in [6.45, 7) is 1.77. The van der Waals surface area contributed by atoms with Gasteiger partial charge in [0.15, 0.2) is 0 Å². The third kappa shape index (κ3) is 3.77. The Bertz CT molecular complexity index is 1220. The summed E-state index contributed by atoms with van der Waals surface area (Å²) in [6, 6.07) is 20.4. The van der Waals surface area contributed by atoms with Gasteiger partial charge in [-0.25, -0.2) is 10.1 Å². The molecule has 0 saturated heterocycles. The number of rotatable bonds is 5. The van der Waals surface area contributed by atoms with Crippen molar-refractivity contribution in [2.45, 2.75) is 6.92 Å². The number of H-pyrrole nitrogens is 2. The fourth-order valence-corrected chi connectivity index (χ4v) is 2.88. The van der Waals surface area contributed by atoms with Crippen molar-refractivity contribution in [1.29, 1.82) is 0 Å². The van der Waals surface area contributed by atoms with Gasteiger partial charge in [0, 0.05) is 11.3 Å². The van der Waals surface area contributed by atoms with Crippen LogP contribution in [0.25, 0.3) is 16.9 Å². The van der Waals surface area contributed by atoms with E-state index in [-0.39, 0.29) is 11.3 Å². The van der Waals surface area contributed by atoms with Gasteiger partial charge in [0.25, 0.3) is 11.5 Å². The van der Waals surface area contributed by atoms with Crippen LogP contribution in [0.4, 0.5) is 0 Å². The molecule has 2 aromatic heterocycles. The Balaban J connectivity index is 1.48. The molecule has 0 atom stereocenters. The number of hydrogen-bond acceptors (Lipinski definition) is 4. The van der Waals surface area contributed by atoms with Gasteiger partial charge in [-0.1, -0.05) is 48.5 Å². The lowest BCUT2D eigenvalue weighted by Crippen LogP contribution is -2.20. The summed E-state index contributed by atoms with van der Waals surface area (Å²) >= 11 is 0. The number of aromatic nitrogens is 4. The molecule has 0 aliphatic heterocycles. The molecule has 0 aliphatic rings. The highest BCUT2D eigenvalue weighted by Gasteiger charge is 2.12. The van der Waals surface area contributed by atoms with E-state index in [9.17, 15) is 9.59 Å². The number of amides is 1. The van der Waals surface area contributed by atoms with Crippen molar-refractivity contribution in [1.82, 2.24) is 25.4 Å². The minimum absolute atomic E-state index is 0.250. The van der Waals surface area contributed by atoms with E-state index in [0.29, 0.717) is 17.0 Å². The van der Waals surface area contributed by atoms with Crippen molar-refractivity contribution in [3.05, 3.63) is 94.0 Å². The molecular weight excluding hydrogens is 368 g/mol. The van der Waals surface area contributed by atoms with Crippen LogP contribution in [0.3, 0.4) is 0 Å². The highest BCUT2D eigenvalue weighted by molar-refractivity contribution is 5.94. The highest BCUT2D eigenvalue weighted by atomic mass is 16.2. The standard InChI is InChI=1S/C21H18N6O2/c1-14-17(21(29)27(26-14)16-10-6-3-7-11-16)13-22-25-20(28)19-12-18(23-24-19)15-8-4-2-5-9-15/h2-13,26H,1H3,(H,23,24)(H,25,28). The van der Waals surface area contributed by atoms with Crippen LogP contribution in [0, 0.1) is 6.92 Å². The zero-order valence-electron chi connectivity index (χ0n) is 15.6. The van der Waals surface area contributed by atoms with E-state index in [1.54, 1.807) is 13.0 Å². The van der Waals surface area contributed by atoms with Crippen LogP contribution in [0.15, 0.2) is 76.6 Å². The van der Waals surface area contributed by atoms with Gasteiger partial charge in [-0.15, -0.1) is 0 Å². The first-order chi connectivity index (χ1) is 14.1. The molecule has 0 saturated carbocycles. The Labute approximate surface area is 165 Å². The first kappa shape index (κ1) is 18.2. The lowest BCUT2D eigenvalue weighted by Gasteiger charge is -1.99. The van der Waals surface area contributed by atoms with Crippen LogP contribution >= 0.6 is 0 Å². The number of hydrogen-bond donors (Lipinski definition) is 3. The Morgan fingerprint density at radius 3 is 2.52 bits per heavy atom. The maximum absolute atomic E-state index is 12.6. The highest BCUT2D eigenvalue weighted by Crippen LogP contribution is 2.16. The number of benzene rings is 2. The summed E-state index contributed by atoms with van der Waals surface area (Å²) in [7, 11) is 0. The summed E-state index contributed by atoms with van der Waals surface area (Å²) in [6.07, 6.45) is 1.33. The predicted octanol–water partition coefficient (Wildman–Crippen LogP) is 2.63. The van der Waals surface area contributed by atoms with E-state index < -0.39 is 5.91 Å². The lowest BCUT2D eigenvalue weighted by molar-refractivity contribution is 0.0950. The Morgan fingerprint density at radius 1 is 1.10 bits per heavy atom. The molecule has 2 heterocycles. The molecule has 2 aromatic carbocycles. The first-order valence-corrected chi connectivity index (χ1v) is 8.95. The van der Waals surface area contributed by atoms with E-state index in [2.05, 4.69) is 25.8 Å². The van der Waals surface area contributed by atoms with Gasteiger partial charge in [0.1, 0.15) is 5.69 Å². The molecule has 4 rings (SSSR count). The maximum atomic E-state index is 12.6. The van der Waals surface area contributed by atoms with Crippen LogP contribution in [0.5, 0.6) is 0 Å². The van der Waals surface area contributed by atoms with E-state index in [4.69, 9.17) is 0 Å². The van der Waals surface area contributed by atoms with Gasteiger partial charge in [-0.2, -0.15) is 10.2 Å². The summed E-state index contributed by atoms with van der Waals surface area (Å²) in [4.78, 5) is 24.9.